The van der Waals surface area contributed by atoms with E-state index in [0.29, 0.717) is 12.2 Å². The summed E-state index contributed by atoms with van der Waals surface area (Å²) in [5, 5.41) is 3.69. The summed E-state index contributed by atoms with van der Waals surface area (Å²) in [4.78, 5) is 14.1. The van der Waals surface area contributed by atoms with Crippen molar-refractivity contribution < 1.29 is 4.79 Å². The van der Waals surface area contributed by atoms with Crippen LogP contribution in [0.4, 0.5) is 5.69 Å². The standard InChI is InChI=1S/C16H16ClNOS2/c1-20-15-9-5-3-7-13(15)18-16(19)10-11-21-14-8-4-2-6-12(14)17/h2-9H,10-11H2,1H3,(H,18,19). The van der Waals surface area contributed by atoms with Crippen molar-refractivity contribution in [2.75, 3.05) is 17.3 Å². The van der Waals surface area contributed by atoms with E-state index in [4.69, 9.17) is 11.6 Å². The van der Waals surface area contributed by atoms with Crippen LogP contribution in [0.3, 0.4) is 0 Å². The Balaban J connectivity index is 1.84. The lowest BCUT2D eigenvalue weighted by molar-refractivity contribution is -0.115. The first-order valence-electron chi connectivity index (χ1n) is 6.51. The molecule has 2 aromatic rings. The quantitative estimate of drug-likeness (QED) is 0.736. The Hall–Kier alpha value is -1.10. The van der Waals surface area contributed by atoms with Crippen LogP contribution in [-0.4, -0.2) is 17.9 Å². The number of benzene rings is 2. The number of rotatable bonds is 6. The maximum Gasteiger partial charge on any atom is 0.225 e. The highest BCUT2D eigenvalue weighted by atomic mass is 35.5. The Morgan fingerprint density at radius 2 is 1.76 bits per heavy atom. The summed E-state index contributed by atoms with van der Waals surface area (Å²) in [5.74, 6) is 0.729. The van der Waals surface area contributed by atoms with Gasteiger partial charge in [0.25, 0.3) is 0 Å². The molecule has 0 aliphatic heterocycles. The van der Waals surface area contributed by atoms with Gasteiger partial charge in [-0.2, -0.15) is 0 Å². The molecule has 0 saturated heterocycles. The second kappa shape index (κ2) is 8.37. The number of amides is 1. The Morgan fingerprint density at radius 3 is 2.48 bits per heavy atom. The number of hydrogen-bond acceptors (Lipinski definition) is 3. The molecule has 0 aliphatic rings. The SMILES string of the molecule is CSc1ccccc1NC(=O)CCSc1ccccc1Cl. The molecule has 1 N–H and O–H groups in total. The summed E-state index contributed by atoms with van der Waals surface area (Å²) in [5.41, 5.74) is 0.873. The number of carbonyl (C=O) groups is 1. The number of hydrogen-bond donors (Lipinski definition) is 1. The fraction of sp³-hybridized carbons (Fsp3) is 0.188. The molecule has 0 aromatic heterocycles. The highest BCUT2D eigenvalue weighted by Gasteiger charge is 2.07. The van der Waals surface area contributed by atoms with Crippen LogP contribution in [0.15, 0.2) is 58.3 Å². The van der Waals surface area contributed by atoms with Gasteiger partial charge in [0.15, 0.2) is 0 Å². The van der Waals surface area contributed by atoms with Crippen LogP contribution >= 0.6 is 35.1 Å². The first-order chi connectivity index (χ1) is 10.2. The molecular formula is C16H16ClNOS2. The summed E-state index contributed by atoms with van der Waals surface area (Å²) >= 11 is 9.31. The molecule has 0 radical (unpaired) electrons. The number of anilines is 1. The predicted molar refractivity (Wildman–Crippen MR) is 93.6 cm³/mol. The lowest BCUT2D eigenvalue weighted by atomic mass is 10.3. The van der Waals surface area contributed by atoms with Crippen LogP contribution in [0.5, 0.6) is 0 Å². The van der Waals surface area contributed by atoms with E-state index in [1.165, 1.54) is 0 Å². The van der Waals surface area contributed by atoms with Crippen molar-refractivity contribution in [2.45, 2.75) is 16.2 Å². The number of thioether (sulfide) groups is 2. The summed E-state index contributed by atoms with van der Waals surface area (Å²) in [7, 11) is 0. The Morgan fingerprint density at radius 1 is 1.10 bits per heavy atom. The van der Waals surface area contributed by atoms with E-state index in [0.717, 1.165) is 20.5 Å². The summed E-state index contributed by atoms with van der Waals surface area (Å²) in [6, 6.07) is 15.5. The number of carbonyl (C=O) groups excluding carboxylic acids is 1. The lowest BCUT2D eigenvalue weighted by Gasteiger charge is -2.09. The zero-order chi connectivity index (χ0) is 15.1. The molecule has 1 amide bonds. The highest BCUT2D eigenvalue weighted by molar-refractivity contribution is 7.99. The number of nitrogens with one attached hydrogen (secondary N) is 1. The van der Waals surface area contributed by atoms with Crippen LogP contribution in [0, 0.1) is 0 Å². The van der Waals surface area contributed by atoms with E-state index in [1.54, 1.807) is 23.5 Å². The van der Waals surface area contributed by atoms with E-state index in [2.05, 4.69) is 5.32 Å². The molecule has 0 heterocycles. The molecule has 0 bridgehead atoms. The van der Waals surface area contributed by atoms with Crippen molar-refractivity contribution >= 4 is 46.7 Å². The smallest absolute Gasteiger partial charge is 0.225 e. The summed E-state index contributed by atoms with van der Waals surface area (Å²) in [6.07, 6.45) is 2.46. The minimum Gasteiger partial charge on any atom is -0.325 e. The van der Waals surface area contributed by atoms with E-state index in [-0.39, 0.29) is 5.91 Å². The van der Waals surface area contributed by atoms with Crippen molar-refractivity contribution in [3.05, 3.63) is 53.6 Å². The van der Waals surface area contributed by atoms with Crippen molar-refractivity contribution in [2.24, 2.45) is 0 Å². The van der Waals surface area contributed by atoms with E-state index in [1.807, 2.05) is 54.8 Å². The van der Waals surface area contributed by atoms with E-state index in [9.17, 15) is 4.79 Å². The van der Waals surface area contributed by atoms with Crippen molar-refractivity contribution in [1.29, 1.82) is 0 Å². The number of halogens is 1. The molecule has 0 aliphatic carbocycles. The zero-order valence-corrected chi connectivity index (χ0v) is 14.0. The second-order valence-corrected chi connectivity index (χ2v) is 6.67. The molecule has 0 unspecified atom stereocenters. The Labute approximate surface area is 138 Å². The van der Waals surface area contributed by atoms with E-state index < -0.39 is 0 Å². The third kappa shape index (κ3) is 4.99. The molecule has 0 saturated carbocycles. The fourth-order valence-electron chi connectivity index (χ4n) is 1.78. The van der Waals surface area contributed by atoms with Crippen LogP contribution in [0.2, 0.25) is 5.02 Å². The van der Waals surface area contributed by atoms with Crippen LogP contribution < -0.4 is 5.32 Å². The second-order valence-electron chi connectivity index (χ2n) is 4.28. The van der Waals surface area contributed by atoms with Gasteiger partial charge in [-0.15, -0.1) is 23.5 Å². The van der Waals surface area contributed by atoms with Crippen LogP contribution in [0.1, 0.15) is 6.42 Å². The van der Waals surface area contributed by atoms with Gasteiger partial charge in [-0.25, -0.2) is 0 Å². The van der Waals surface area contributed by atoms with Crippen molar-refractivity contribution in [1.82, 2.24) is 0 Å². The molecule has 2 aromatic carbocycles. The molecule has 2 rings (SSSR count). The van der Waals surface area contributed by atoms with Gasteiger partial charge in [0, 0.05) is 22.0 Å². The minimum absolute atomic E-state index is 0.0241. The minimum atomic E-state index is 0.0241. The molecule has 2 nitrogen and oxygen atoms in total. The van der Waals surface area contributed by atoms with Crippen molar-refractivity contribution in [3.8, 4) is 0 Å². The normalized spacial score (nSPS) is 10.4. The topological polar surface area (TPSA) is 29.1 Å². The van der Waals surface area contributed by atoms with Gasteiger partial charge < -0.3 is 5.32 Å². The first kappa shape index (κ1) is 16.3. The van der Waals surface area contributed by atoms with Gasteiger partial charge in [-0.1, -0.05) is 35.9 Å². The Bertz CT molecular complexity index is 619. The molecular weight excluding hydrogens is 322 g/mol. The van der Waals surface area contributed by atoms with Crippen molar-refractivity contribution in [3.63, 3.8) is 0 Å². The third-order valence-electron chi connectivity index (χ3n) is 2.80. The third-order valence-corrected chi connectivity index (χ3v) is 5.12. The predicted octanol–water partition coefficient (Wildman–Crippen LogP) is 5.18. The molecule has 110 valence electrons. The maximum absolute atomic E-state index is 12.0. The monoisotopic (exact) mass is 337 g/mol. The zero-order valence-electron chi connectivity index (χ0n) is 11.6. The lowest BCUT2D eigenvalue weighted by Crippen LogP contribution is -2.12. The fourth-order valence-corrected chi connectivity index (χ4v) is 3.52. The summed E-state index contributed by atoms with van der Waals surface area (Å²) < 4.78 is 0. The van der Waals surface area contributed by atoms with Gasteiger partial charge in [-0.3, -0.25) is 4.79 Å². The molecule has 0 fully saturated rings. The maximum atomic E-state index is 12.0. The molecule has 21 heavy (non-hydrogen) atoms. The average molecular weight is 338 g/mol. The van der Waals surface area contributed by atoms with Gasteiger partial charge in [0.05, 0.1) is 10.7 Å². The summed E-state index contributed by atoms with van der Waals surface area (Å²) in [6.45, 7) is 0. The van der Waals surface area contributed by atoms with Crippen LogP contribution in [0.25, 0.3) is 0 Å². The van der Waals surface area contributed by atoms with Gasteiger partial charge in [0.2, 0.25) is 5.91 Å². The van der Waals surface area contributed by atoms with E-state index >= 15 is 0 Å². The molecule has 0 atom stereocenters. The number of para-hydroxylation sites is 1. The largest absolute Gasteiger partial charge is 0.325 e. The molecule has 0 spiro atoms. The molecule has 5 heteroatoms. The first-order valence-corrected chi connectivity index (χ1v) is 9.09. The average Bonchev–Trinajstić information content (AvgIpc) is 2.50. The Kier molecular flexibility index (Phi) is 6.49. The van der Waals surface area contributed by atoms with Gasteiger partial charge in [0.1, 0.15) is 0 Å². The van der Waals surface area contributed by atoms with Gasteiger partial charge in [-0.05, 0) is 30.5 Å². The van der Waals surface area contributed by atoms with Gasteiger partial charge >= 0.3 is 0 Å². The highest BCUT2D eigenvalue weighted by Crippen LogP contribution is 2.28. The van der Waals surface area contributed by atoms with Crippen LogP contribution in [-0.2, 0) is 4.79 Å².